The predicted molar refractivity (Wildman–Crippen MR) is 81.5 cm³/mol. The summed E-state index contributed by atoms with van der Waals surface area (Å²) >= 11 is 0. The summed E-state index contributed by atoms with van der Waals surface area (Å²) in [6, 6.07) is 4.34. The summed E-state index contributed by atoms with van der Waals surface area (Å²) in [6.07, 6.45) is -2.11. The Morgan fingerprint density at radius 1 is 1.15 bits per heavy atom. The van der Waals surface area contributed by atoms with Crippen LogP contribution in [0.2, 0.25) is 0 Å². The minimum absolute atomic E-state index is 0.159. The second-order valence-corrected chi connectivity index (χ2v) is 8.04. The number of sulfonamides is 1. The van der Waals surface area contributed by atoms with Gasteiger partial charge in [0.1, 0.15) is 11.3 Å². The first-order valence-electron chi connectivity index (χ1n) is 7.66. The zero-order valence-electron chi connectivity index (χ0n) is 13.4. The smallest absolute Gasteiger partial charge is 0.442 e. The van der Waals surface area contributed by atoms with Crippen molar-refractivity contribution in [1.82, 2.24) is 9.71 Å². The Balaban J connectivity index is 1.58. The third-order valence-corrected chi connectivity index (χ3v) is 5.93. The normalized spacial score (nSPS) is 20.2. The van der Waals surface area contributed by atoms with Crippen LogP contribution in [0.3, 0.4) is 0 Å². The molecule has 1 aliphatic carbocycles. The van der Waals surface area contributed by atoms with E-state index in [4.69, 9.17) is 4.42 Å². The van der Waals surface area contributed by atoms with Gasteiger partial charge < -0.3 is 4.42 Å². The van der Waals surface area contributed by atoms with E-state index in [1.165, 1.54) is 6.20 Å². The first-order valence-corrected chi connectivity index (χ1v) is 9.15. The van der Waals surface area contributed by atoms with Crippen molar-refractivity contribution in [2.45, 2.75) is 42.0 Å². The molecule has 2 aliphatic rings. The molecule has 0 radical (unpaired) electrons. The SMILES string of the molecule is Cc1cnc(C2(NS(=O)(=O)c3ccc(C4(C(F)(F)F)N=N4)cc3)CC2)o1. The zero-order valence-corrected chi connectivity index (χ0v) is 14.2. The van der Waals surface area contributed by atoms with Gasteiger partial charge in [-0.25, -0.2) is 13.4 Å². The van der Waals surface area contributed by atoms with Gasteiger partial charge in [-0.05, 0) is 31.9 Å². The molecule has 0 bridgehead atoms. The summed E-state index contributed by atoms with van der Waals surface area (Å²) in [5, 5.41) is 6.19. The van der Waals surface area contributed by atoms with Crippen LogP contribution in [0.4, 0.5) is 13.2 Å². The molecule has 1 aromatic carbocycles. The molecular formula is C15H13F3N4O3S. The second-order valence-electron chi connectivity index (χ2n) is 6.36. The zero-order chi connectivity index (χ0) is 18.8. The first kappa shape index (κ1) is 17.2. The lowest BCUT2D eigenvalue weighted by atomic mass is 10.0. The van der Waals surface area contributed by atoms with Crippen molar-refractivity contribution < 1.29 is 26.0 Å². The topological polar surface area (TPSA) is 96.9 Å². The van der Waals surface area contributed by atoms with Gasteiger partial charge in [0.15, 0.2) is 0 Å². The minimum atomic E-state index is -4.66. The van der Waals surface area contributed by atoms with E-state index in [-0.39, 0.29) is 16.3 Å². The maximum atomic E-state index is 13.0. The van der Waals surface area contributed by atoms with E-state index < -0.39 is 27.4 Å². The quantitative estimate of drug-likeness (QED) is 0.854. The fourth-order valence-corrected chi connectivity index (χ4v) is 4.10. The van der Waals surface area contributed by atoms with Crippen molar-refractivity contribution in [3.8, 4) is 0 Å². The lowest BCUT2D eigenvalue weighted by molar-refractivity contribution is -0.166. The first-order chi connectivity index (χ1) is 12.1. The van der Waals surface area contributed by atoms with Crippen molar-refractivity contribution in [3.63, 3.8) is 0 Å². The van der Waals surface area contributed by atoms with Gasteiger partial charge in [0.2, 0.25) is 15.9 Å². The van der Waals surface area contributed by atoms with Crippen LogP contribution in [0, 0.1) is 6.92 Å². The minimum Gasteiger partial charge on any atom is -0.444 e. The average Bonchev–Trinajstić information content (AvgIpc) is 3.46. The maximum absolute atomic E-state index is 13.0. The van der Waals surface area contributed by atoms with Gasteiger partial charge >= 0.3 is 11.8 Å². The van der Waals surface area contributed by atoms with Gasteiger partial charge in [0.25, 0.3) is 0 Å². The van der Waals surface area contributed by atoms with E-state index in [0.29, 0.717) is 18.6 Å². The fourth-order valence-electron chi connectivity index (χ4n) is 2.69. The highest BCUT2D eigenvalue weighted by Crippen LogP contribution is 2.52. The number of alkyl halides is 3. The Bertz CT molecular complexity index is 986. The van der Waals surface area contributed by atoms with Gasteiger partial charge in [-0.1, -0.05) is 12.1 Å². The average molecular weight is 386 g/mol. The van der Waals surface area contributed by atoms with E-state index in [0.717, 1.165) is 24.3 Å². The van der Waals surface area contributed by atoms with E-state index in [1.54, 1.807) is 6.92 Å². The Kier molecular flexibility index (Phi) is 3.39. The number of nitrogens with one attached hydrogen (secondary N) is 1. The van der Waals surface area contributed by atoms with Crippen molar-refractivity contribution in [3.05, 3.63) is 47.7 Å². The van der Waals surface area contributed by atoms with Crippen molar-refractivity contribution in [1.29, 1.82) is 0 Å². The summed E-state index contributed by atoms with van der Waals surface area (Å²) in [5.41, 5.74) is -3.70. The number of aromatic nitrogens is 1. The molecule has 2 aromatic rings. The number of nitrogens with zero attached hydrogens (tertiary/aromatic N) is 3. The number of rotatable bonds is 5. The van der Waals surface area contributed by atoms with Crippen LogP contribution in [-0.2, 0) is 21.2 Å². The molecule has 0 atom stereocenters. The van der Waals surface area contributed by atoms with Crippen LogP contribution in [0.5, 0.6) is 0 Å². The Morgan fingerprint density at radius 2 is 1.77 bits per heavy atom. The molecule has 1 saturated carbocycles. The van der Waals surface area contributed by atoms with E-state index in [1.807, 2.05) is 0 Å². The largest absolute Gasteiger partial charge is 0.444 e. The molecule has 0 unspecified atom stereocenters. The Hall–Kier alpha value is -2.27. The highest BCUT2D eigenvalue weighted by atomic mass is 32.2. The predicted octanol–water partition coefficient (Wildman–Crippen LogP) is 3.13. The molecule has 0 spiro atoms. The van der Waals surface area contributed by atoms with Crippen LogP contribution in [0.25, 0.3) is 0 Å². The van der Waals surface area contributed by atoms with Gasteiger partial charge in [-0.3, -0.25) is 0 Å². The van der Waals surface area contributed by atoms with Crippen LogP contribution in [0.1, 0.15) is 30.1 Å². The molecular weight excluding hydrogens is 373 g/mol. The third kappa shape index (κ3) is 2.62. The van der Waals surface area contributed by atoms with Gasteiger partial charge in [-0.15, -0.1) is 10.2 Å². The molecule has 0 saturated heterocycles. The molecule has 2 heterocycles. The monoisotopic (exact) mass is 386 g/mol. The molecule has 4 rings (SSSR count). The fraction of sp³-hybridized carbons (Fsp3) is 0.400. The summed E-state index contributed by atoms with van der Waals surface area (Å²) in [4.78, 5) is 3.91. The lowest BCUT2D eigenvalue weighted by Gasteiger charge is -2.16. The molecule has 1 N–H and O–H groups in total. The summed E-state index contributed by atoms with van der Waals surface area (Å²) in [5.74, 6) is 0.839. The summed E-state index contributed by atoms with van der Waals surface area (Å²) in [7, 11) is -3.96. The highest BCUT2D eigenvalue weighted by Gasteiger charge is 2.65. The molecule has 138 valence electrons. The van der Waals surface area contributed by atoms with Crippen molar-refractivity contribution in [2.75, 3.05) is 0 Å². The van der Waals surface area contributed by atoms with Crippen LogP contribution in [-0.4, -0.2) is 19.6 Å². The van der Waals surface area contributed by atoms with Crippen LogP contribution in [0.15, 0.2) is 50.0 Å². The van der Waals surface area contributed by atoms with Gasteiger partial charge in [0, 0.05) is 5.56 Å². The van der Waals surface area contributed by atoms with Crippen molar-refractivity contribution in [2.24, 2.45) is 10.2 Å². The molecule has 0 amide bonds. The van der Waals surface area contributed by atoms with Gasteiger partial charge in [0.05, 0.1) is 11.1 Å². The van der Waals surface area contributed by atoms with Crippen LogP contribution < -0.4 is 4.72 Å². The number of hydrogen-bond donors (Lipinski definition) is 1. The number of benzene rings is 1. The van der Waals surface area contributed by atoms with Crippen LogP contribution >= 0.6 is 0 Å². The van der Waals surface area contributed by atoms with Crippen molar-refractivity contribution >= 4 is 10.0 Å². The van der Waals surface area contributed by atoms with Gasteiger partial charge in [-0.2, -0.15) is 17.9 Å². The maximum Gasteiger partial charge on any atom is 0.442 e. The van der Waals surface area contributed by atoms with E-state index >= 15 is 0 Å². The summed E-state index contributed by atoms with van der Waals surface area (Å²) in [6.45, 7) is 1.70. The molecule has 11 heteroatoms. The number of aryl methyl sites for hydroxylation is 1. The number of halogens is 3. The molecule has 1 fully saturated rings. The standard InChI is InChI=1S/C15H13F3N4O3S/c1-9-8-19-12(25-9)13(6-7-13)22-26(23,24)11-4-2-10(3-5-11)14(20-21-14)15(16,17)18/h2-5,8,22H,6-7H2,1H3. The van der Waals surface area contributed by atoms with E-state index in [9.17, 15) is 21.6 Å². The number of hydrogen-bond acceptors (Lipinski definition) is 6. The molecule has 1 aliphatic heterocycles. The Morgan fingerprint density at radius 3 is 2.19 bits per heavy atom. The van der Waals surface area contributed by atoms with E-state index in [2.05, 4.69) is 19.9 Å². The molecule has 1 aromatic heterocycles. The molecule has 7 nitrogen and oxygen atoms in total. The highest BCUT2D eigenvalue weighted by molar-refractivity contribution is 7.89. The Labute approximate surface area is 146 Å². The third-order valence-electron chi connectivity index (χ3n) is 4.37. The summed E-state index contributed by atoms with van der Waals surface area (Å²) < 4.78 is 72.1. The number of oxazole rings is 1. The second kappa shape index (κ2) is 5.13. The molecule has 26 heavy (non-hydrogen) atoms. The lowest BCUT2D eigenvalue weighted by Crippen LogP contribution is -2.35.